The lowest BCUT2D eigenvalue weighted by atomic mass is 9.73. The second-order valence-electron chi connectivity index (χ2n) is 6.96. The van der Waals surface area contributed by atoms with Crippen molar-refractivity contribution in [3.05, 3.63) is 106 Å². The van der Waals surface area contributed by atoms with Crippen LogP contribution in [0.15, 0.2) is 72.8 Å². The van der Waals surface area contributed by atoms with Crippen molar-refractivity contribution >= 4 is 28.2 Å². The van der Waals surface area contributed by atoms with Gasteiger partial charge in [0, 0.05) is 38.4 Å². The maximum absolute atomic E-state index is 13.0. The SMILES string of the molecule is O=C1c2ccccc2C(c2cc(O)c3ccccc3c2O)c2ccc(Cl)cc21. The van der Waals surface area contributed by atoms with E-state index in [-0.39, 0.29) is 17.3 Å². The van der Waals surface area contributed by atoms with Crippen LogP contribution in [0.5, 0.6) is 11.5 Å². The van der Waals surface area contributed by atoms with Gasteiger partial charge in [-0.2, -0.15) is 0 Å². The molecule has 0 saturated heterocycles. The van der Waals surface area contributed by atoms with Crippen LogP contribution in [0.1, 0.15) is 38.5 Å². The van der Waals surface area contributed by atoms with E-state index in [1.807, 2.05) is 36.4 Å². The van der Waals surface area contributed by atoms with Crippen LogP contribution in [0.4, 0.5) is 0 Å². The Hall–Kier alpha value is -3.30. The van der Waals surface area contributed by atoms with Crippen molar-refractivity contribution in [3.63, 3.8) is 0 Å². The first-order valence-corrected chi connectivity index (χ1v) is 9.30. The van der Waals surface area contributed by atoms with Crippen molar-refractivity contribution in [2.45, 2.75) is 5.92 Å². The van der Waals surface area contributed by atoms with Crippen molar-refractivity contribution in [2.24, 2.45) is 0 Å². The smallest absolute Gasteiger partial charge is 0.193 e. The summed E-state index contributed by atoms with van der Waals surface area (Å²) in [6.07, 6.45) is 0. The summed E-state index contributed by atoms with van der Waals surface area (Å²) in [6, 6.07) is 21.4. The number of hydrogen-bond donors (Lipinski definition) is 2. The lowest BCUT2D eigenvalue weighted by Gasteiger charge is -2.29. The van der Waals surface area contributed by atoms with Gasteiger partial charge in [0.2, 0.25) is 0 Å². The van der Waals surface area contributed by atoms with E-state index in [0.29, 0.717) is 32.5 Å². The van der Waals surface area contributed by atoms with Gasteiger partial charge < -0.3 is 10.2 Å². The largest absolute Gasteiger partial charge is 0.507 e. The fourth-order valence-electron chi connectivity index (χ4n) is 4.16. The van der Waals surface area contributed by atoms with E-state index < -0.39 is 5.92 Å². The molecule has 0 spiro atoms. The van der Waals surface area contributed by atoms with Crippen LogP contribution < -0.4 is 0 Å². The molecule has 0 saturated carbocycles. The van der Waals surface area contributed by atoms with E-state index >= 15 is 0 Å². The number of aromatic hydroxyl groups is 2. The van der Waals surface area contributed by atoms with Crippen molar-refractivity contribution < 1.29 is 15.0 Å². The van der Waals surface area contributed by atoms with Crippen LogP contribution in [-0.4, -0.2) is 16.0 Å². The Balaban J connectivity index is 1.87. The molecule has 0 heterocycles. The summed E-state index contributed by atoms with van der Waals surface area (Å²) in [5, 5.41) is 23.3. The molecule has 28 heavy (non-hydrogen) atoms. The Labute approximate surface area is 166 Å². The number of ketones is 1. The molecule has 5 rings (SSSR count). The molecule has 0 aliphatic heterocycles. The Morgan fingerprint density at radius 3 is 2.21 bits per heavy atom. The first-order valence-electron chi connectivity index (χ1n) is 8.93. The van der Waals surface area contributed by atoms with Gasteiger partial charge in [-0.25, -0.2) is 0 Å². The number of benzene rings is 4. The highest BCUT2D eigenvalue weighted by Gasteiger charge is 2.34. The van der Waals surface area contributed by atoms with Gasteiger partial charge in [-0.3, -0.25) is 4.79 Å². The number of phenols is 2. The molecule has 1 unspecified atom stereocenters. The van der Waals surface area contributed by atoms with Crippen LogP contribution >= 0.6 is 11.6 Å². The molecule has 4 heteroatoms. The average Bonchev–Trinajstić information content (AvgIpc) is 2.72. The molecule has 0 radical (unpaired) electrons. The van der Waals surface area contributed by atoms with E-state index in [0.717, 1.165) is 11.1 Å². The molecule has 4 aromatic carbocycles. The molecule has 0 amide bonds. The minimum atomic E-state index is -0.392. The zero-order chi connectivity index (χ0) is 19.4. The molecule has 0 fully saturated rings. The number of fused-ring (bicyclic) bond motifs is 3. The topological polar surface area (TPSA) is 57.5 Å². The third kappa shape index (κ3) is 2.33. The molecular weight excluding hydrogens is 372 g/mol. The van der Waals surface area contributed by atoms with E-state index in [4.69, 9.17) is 11.6 Å². The van der Waals surface area contributed by atoms with E-state index in [1.165, 1.54) is 0 Å². The number of phenolic OH excluding ortho intramolecular Hbond substituents is 2. The molecule has 4 aromatic rings. The number of rotatable bonds is 1. The standard InChI is InChI=1S/C24H15ClO3/c25-13-9-10-16-19(11-13)23(27)18-8-4-2-6-15(18)22(16)20-12-21(26)14-5-1-3-7-17(14)24(20)28/h1-12,22,26,28H. The Morgan fingerprint density at radius 1 is 0.714 bits per heavy atom. The molecule has 0 bridgehead atoms. The molecule has 3 nitrogen and oxygen atoms in total. The Kier molecular flexibility index (Phi) is 3.68. The van der Waals surface area contributed by atoms with Gasteiger partial charge >= 0.3 is 0 Å². The highest BCUT2D eigenvalue weighted by atomic mass is 35.5. The summed E-state index contributed by atoms with van der Waals surface area (Å²) >= 11 is 6.16. The highest BCUT2D eigenvalue weighted by Crippen LogP contribution is 2.47. The maximum Gasteiger partial charge on any atom is 0.193 e. The van der Waals surface area contributed by atoms with Crippen molar-refractivity contribution in [3.8, 4) is 11.5 Å². The predicted octanol–water partition coefficient (Wildman–Crippen LogP) is 5.63. The summed E-state index contributed by atoms with van der Waals surface area (Å²) in [7, 11) is 0. The fraction of sp³-hybridized carbons (Fsp3) is 0.0417. The van der Waals surface area contributed by atoms with Gasteiger partial charge in [0.15, 0.2) is 5.78 Å². The third-order valence-electron chi connectivity index (χ3n) is 5.42. The summed E-state index contributed by atoms with van der Waals surface area (Å²) in [4.78, 5) is 13.0. The zero-order valence-corrected chi connectivity index (χ0v) is 15.4. The summed E-state index contributed by atoms with van der Waals surface area (Å²) in [6.45, 7) is 0. The quantitative estimate of drug-likeness (QED) is 0.367. The highest BCUT2D eigenvalue weighted by molar-refractivity contribution is 6.31. The molecular formula is C24H15ClO3. The molecule has 136 valence electrons. The molecule has 2 N–H and O–H groups in total. The van der Waals surface area contributed by atoms with Crippen LogP contribution in [-0.2, 0) is 0 Å². The predicted molar refractivity (Wildman–Crippen MR) is 110 cm³/mol. The van der Waals surface area contributed by atoms with Crippen LogP contribution in [0, 0.1) is 0 Å². The summed E-state index contributed by atoms with van der Waals surface area (Å²) in [5.41, 5.74) is 3.21. The van der Waals surface area contributed by atoms with Gasteiger partial charge in [-0.1, -0.05) is 66.2 Å². The van der Waals surface area contributed by atoms with Crippen molar-refractivity contribution in [1.29, 1.82) is 0 Å². The lowest BCUT2D eigenvalue weighted by Crippen LogP contribution is -2.20. The van der Waals surface area contributed by atoms with E-state index in [9.17, 15) is 15.0 Å². The van der Waals surface area contributed by atoms with Crippen LogP contribution in [0.25, 0.3) is 10.8 Å². The summed E-state index contributed by atoms with van der Waals surface area (Å²) < 4.78 is 0. The monoisotopic (exact) mass is 386 g/mol. The Bertz CT molecular complexity index is 1280. The van der Waals surface area contributed by atoms with E-state index in [1.54, 1.807) is 36.4 Å². The normalized spacial score (nSPS) is 15.3. The van der Waals surface area contributed by atoms with Crippen molar-refractivity contribution in [2.75, 3.05) is 0 Å². The van der Waals surface area contributed by atoms with Gasteiger partial charge in [-0.15, -0.1) is 0 Å². The first-order chi connectivity index (χ1) is 13.6. The molecule has 1 atom stereocenters. The number of carbonyl (C=O) groups is 1. The van der Waals surface area contributed by atoms with Crippen LogP contribution in [0.2, 0.25) is 5.02 Å². The second kappa shape index (κ2) is 6.11. The lowest BCUT2D eigenvalue weighted by molar-refractivity contribution is 0.103. The van der Waals surface area contributed by atoms with Gasteiger partial charge in [0.1, 0.15) is 11.5 Å². The molecule has 0 aromatic heterocycles. The van der Waals surface area contributed by atoms with Gasteiger partial charge in [0.05, 0.1) is 0 Å². The number of hydrogen-bond acceptors (Lipinski definition) is 3. The van der Waals surface area contributed by atoms with Gasteiger partial charge in [-0.05, 0) is 29.3 Å². The summed E-state index contributed by atoms with van der Waals surface area (Å²) in [5.74, 6) is -0.290. The van der Waals surface area contributed by atoms with E-state index in [2.05, 4.69) is 0 Å². The maximum atomic E-state index is 13.0. The number of carbonyl (C=O) groups excluding carboxylic acids is 1. The van der Waals surface area contributed by atoms with Gasteiger partial charge in [0.25, 0.3) is 0 Å². The molecule has 1 aliphatic rings. The van der Waals surface area contributed by atoms with Crippen LogP contribution in [0.3, 0.4) is 0 Å². The fourth-order valence-corrected chi connectivity index (χ4v) is 4.33. The first kappa shape index (κ1) is 16.8. The third-order valence-corrected chi connectivity index (χ3v) is 5.66. The minimum Gasteiger partial charge on any atom is -0.507 e. The average molecular weight is 387 g/mol. The van der Waals surface area contributed by atoms with Crippen molar-refractivity contribution in [1.82, 2.24) is 0 Å². The second-order valence-corrected chi connectivity index (χ2v) is 7.40. The minimum absolute atomic E-state index is 0.0890. The Morgan fingerprint density at radius 2 is 1.39 bits per heavy atom. The number of halogens is 1. The zero-order valence-electron chi connectivity index (χ0n) is 14.7. The molecule has 1 aliphatic carbocycles.